The molecule has 0 fully saturated rings. The fraction of sp³-hybridized carbons (Fsp3) is 0.867. The molecule has 0 aromatic heterocycles. The summed E-state index contributed by atoms with van der Waals surface area (Å²) in [5, 5.41) is 0. The minimum Gasteiger partial charge on any atom is -0.378 e. The van der Waals surface area contributed by atoms with Gasteiger partial charge in [-0.25, -0.2) is 0 Å². The van der Waals surface area contributed by atoms with E-state index in [0.29, 0.717) is 0 Å². The molecule has 0 aliphatic carbocycles. The van der Waals surface area contributed by atoms with Crippen LogP contribution < -0.4 is 0 Å². The van der Waals surface area contributed by atoms with Crippen molar-refractivity contribution < 1.29 is 0 Å². The summed E-state index contributed by atoms with van der Waals surface area (Å²) in [5.41, 5.74) is 0. The molecule has 0 radical (unpaired) electrons. The van der Waals surface area contributed by atoms with Gasteiger partial charge in [0.15, 0.2) is 0 Å². The third kappa shape index (κ3) is 9.22. The Balaban J connectivity index is 3.99. The van der Waals surface area contributed by atoms with Gasteiger partial charge in [-0.2, -0.15) is 0 Å². The highest BCUT2D eigenvalue weighted by Crippen LogP contribution is 1.98. The molecule has 0 aromatic carbocycles. The number of rotatable bonds is 11. The lowest BCUT2D eigenvalue weighted by atomic mass is 10.3. The topological polar surface area (TPSA) is 6.48 Å². The first kappa shape index (κ1) is 16.5. The summed E-state index contributed by atoms with van der Waals surface area (Å²) in [7, 11) is 0. The summed E-state index contributed by atoms with van der Waals surface area (Å²) in [6, 6.07) is 0. The molecule has 0 N–H and O–H groups in total. The van der Waals surface area contributed by atoms with Crippen LogP contribution in [0.15, 0.2) is 12.3 Å². The first-order chi connectivity index (χ1) is 8.28. The second-order valence-electron chi connectivity index (χ2n) is 4.72. The highest BCUT2D eigenvalue weighted by atomic mass is 15.1. The molecule has 2 heteroatoms. The molecule has 0 amide bonds. The Bertz CT molecular complexity index is 166. The second kappa shape index (κ2) is 12.0. The van der Waals surface area contributed by atoms with E-state index in [9.17, 15) is 0 Å². The molecule has 0 aliphatic rings. The molecule has 0 aliphatic heterocycles. The Labute approximate surface area is 109 Å². The number of hydrogen-bond acceptors (Lipinski definition) is 2. The molecule has 102 valence electrons. The number of nitrogens with zero attached hydrogens (tertiary/aromatic N) is 2. The molecule has 0 unspecified atom stereocenters. The van der Waals surface area contributed by atoms with E-state index in [4.69, 9.17) is 0 Å². The van der Waals surface area contributed by atoms with Crippen LogP contribution in [0.1, 0.15) is 53.4 Å². The van der Waals surface area contributed by atoms with Crippen LogP contribution >= 0.6 is 0 Å². The van der Waals surface area contributed by atoms with Crippen molar-refractivity contribution in [3.05, 3.63) is 12.3 Å². The molecule has 0 saturated heterocycles. The SMILES string of the molecule is CCCN(C=CCN(CCC)CCC)CCC. The van der Waals surface area contributed by atoms with Crippen LogP contribution in [0.25, 0.3) is 0 Å². The van der Waals surface area contributed by atoms with Crippen molar-refractivity contribution in [3.63, 3.8) is 0 Å². The van der Waals surface area contributed by atoms with Gasteiger partial charge in [0.2, 0.25) is 0 Å². The van der Waals surface area contributed by atoms with E-state index in [-0.39, 0.29) is 0 Å². The van der Waals surface area contributed by atoms with Crippen molar-refractivity contribution in [1.29, 1.82) is 0 Å². The maximum atomic E-state index is 2.53. The van der Waals surface area contributed by atoms with Gasteiger partial charge in [-0.05, 0) is 45.0 Å². The van der Waals surface area contributed by atoms with Crippen LogP contribution in [-0.2, 0) is 0 Å². The predicted molar refractivity (Wildman–Crippen MR) is 78.3 cm³/mol. The van der Waals surface area contributed by atoms with E-state index in [1.807, 2.05) is 0 Å². The van der Waals surface area contributed by atoms with Crippen molar-refractivity contribution in [2.75, 3.05) is 32.7 Å². The molecule has 0 bridgehead atoms. The zero-order chi connectivity index (χ0) is 12.9. The molecule has 0 saturated carbocycles. The van der Waals surface area contributed by atoms with Crippen LogP contribution in [0, 0.1) is 0 Å². The normalized spacial score (nSPS) is 11.6. The van der Waals surface area contributed by atoms with Crippen molar-refractivity contribution in [2.45, 2.75) is 53.4 Å². The molecule has 0 spiro atoms. The maximum Gasteiger partial charge on any atom is 0.0180 e. The van der Waals surface area contributed by atoms with Crippen LogP contribution in [0.2, 0.25) is 0 Å². The molecule has 0 aromatic rings. The smallest absolute Gasteiger partial charge is 0.0180 e. The van der Waals surface area contributed by atoms with E-state index in [1.165, 1.54) is 51.9 Å². The molecular formula is C15H32N2. The Morgan fingerprint density at radius 1 is 0.706 bits per heavy atom. The largest absolute Gasteiger partial charge is 0.378 e. The van der Waals surface area contributed by atoms with Gasteiger partial charge in [-0.3, -0.25) is 4.90 Å². The van der Waals surface area contributed by atoms with Gasteiger partial charge in [0.25, 0.3) is 0 Å². The molecule has 0 atom stereocenters. The highest BCUT2D eigenvalue weighted by Gasteiger charge is 2.00. The summed E-state index contributed by atoms with van der Waals surface area (Å²) in [5.74, 6) is 0. The lowest BCUT2D eigenvalue weighted by Crippen LogP contribution is -2.26. The van der Waals surface area contributed by atoms with Gasteiger partial charge >= 0.3 is 0 Å². The second-order valence-corrected chi connectivity index (χ2v) is 4.72. The average Bonchev–Trinajstić information content (AvgIpc) is 2.30. The van der Waals surface area contributed by atoms with Gasteiger partial charge in [-0.15, -0.1) is 0 Å². The summed E-state index contributed by atoms with van der Waals surface area (Å²) in [6.07, 6.45) is 9.60. The monoisotopic (exact) mass is 240 g/mol. The van der Waals surface area contributed by atoms with Crippen molar-refractivity contribution in [3.8, 4) is 0 Å². The Kier molecular flexibility index (Phi) is 11.6. The van der Waals surface area contributed by atoms with Gasteiger partial charge in [-0.1, -0.05) is 33.8 Å². The minimum atomic E-state index is 1.10. The summed E-state index contributed by atoms with van der Waals surface area (Å²) in [6.45, 7) is 14.9. The fourth-order valence-corrected chi connectivity index (χ4v) is 2.11. The van der Waals surface area contributed by atoms with E-state index in [1.54, 1.807) is 0 Å². The predicted octanol–water partition coefficient (Wildman–Crippen LogP) is 3.74. The van der Waals surface area contributed by atoms with Crippen LogP contribution in [0.3, 0.4) is 0 Å². The molecule has 0 heterocycles. The maximum absolute atomic E-state index is 2.53. The van der Waals surface area contributed by atoms with Crippen LogP contribution in [0.4, 0.5) is 0 Å². The molecule has 0 rings (SSSR count). The first-order valence-electron chi connectivity index (χ1n) is 7.41. The van der Waals surface area contributed by atoms with E-state index < -0.39 is 0 Å². The molecule has 2 nitrogen and oxygen atoms in total. The van der Waals surface area contributed by atoms with Crippen molar-refractivity contribution in [1.82, 2.24) is 9.80 Å². The van der Waals surface area contributed by atoms with E-state index in [2.05, 4.69) is 49.8 Å². The quantitative estimate of drug-likeness (QED) is 0.543. The van der Waals surface area contributed by atoms with Crippen LogP contribution in [-0.4, -0.2) is 42.5 Å². The lowest BCUT2D eigenvalue weighted by molar-refractivity contribution is 0.300. The fourth-order valence-electron chi connectivity index (χ4n) is 2.11. The van der Waals surface area contributed by atoms with Gasteiger partial charge < -0.3 is 4.90 Å². The van der Waals surface area contributed by atoms with E-state index >= 15 is 0 Å². The Morgan fingerprint density at radius 2 is 1.18 bits per heavy atom. The average molecular weight is 240 g/mol. The minimum absolute atomic E-state index is 1.10. The van der Waals surface area contributed by atoms with Gasteiger partial charge in [0.05, 0.1) is 0 Å². The Morgan fingerprint density at radius 3 is 1.59 bits per heavy atom. The van der Waals surface area contributed by atoms with Gasteiger partial charge in [0, 0.05) is 19.6 Å². The molecule has 17 heavy (non-hydrogen) atoms. The first-order valence-corrected chi connectivity index (χ1v) is 7.41. The Hall–Kier alpha value is -0.500. The van der Waals surface area contributed by atoms with Crippen LogP contribution in [0.5, 0.6) is 0 Å². The zero-order valence-electron chi connectivity index (χ0n) is 12.4. The molecular weight excluding hydrogens is 208 g/mol. The highest BCUT2D eigenvalue weighted by molar-refractivity contribution is 4.85. The standard InChI is InChI=1S/C15H32N2/c1-5-10-16(11-6-2)14-9-15-17(12-7-3)13-8-4/h9,14H,5-8,10-13,15H2,1-4H3. The lowest BCUT2D eigenvalue weighted by Gasteiger charge is -2.21. The summed E-state index contributed by atoms with van der Waals surface area (Å²) in [4.78, 5) is 4.97. The summed E-state index contributed by atoms with van der Waals surface area (Å²) < 4.78 is 0. The van der Waals surface area contributed by atoms with Crippen molar-refractivity contribution >= 4 is 0 Å². The third-order valence-corrected chi connectivity index (χ3v) is 2.78. The third-order valence-electron chi connectivity index (χ3n) is 2.78. The van der Waals surface area contributed by atoms with Crippen molar-refractivity contribution in [2.24, 2.45) is 0 Å². The summed E-state index contributed by atoms with van der Waals surface area (Å²) >= 11 is 0. The van der Waals surface area contributed by atoms with Gasteiger partial charge in [0.1, 0.15) is 0 Å². The zero-order valence-corrected chi connectivity index (χ0v) is 12.4. The number of hydrogen-bond donors (Lipinski definition) is 0. The van der Waals surface area contributed by atoms with E-state index in [0.717, 1.165) is 6.54 Å².